The summed E-state index contributed by atoms with van der Waals surface area (Å²) in [6.45, 7) is 6.70. The van der Waals surface area contributed by atoms with Gasteiger partial charge in [0.25, 0.3) is 0 Å². The Hall–Kier alpha value is -0.160. The molecule has 1 fully saturated rings. The minimum Gasteiger partial charge on any atom is -0.393 e. The summed E-state index contributed by atoms with van der Waals surface area (Å²) in [5, 5.41) is 21.5. The number of hydrogen-bond donors (Lipinski definition) is 3. The Bertz CT molecular complexity index is 204. The molecule has 0 aromatic heterocycles. The number of aliphatic hydroxyl groups excluding tert-OH is 1. The molecule has 2 atom stereocenters. The van der Waals surface area contributed by atoms with Crippen LogP contribution in [-0.4, -0.2) is 47.2 Å². The molecule has 0 spiro atoms. The fourth-order valence-corrected chi connectivity index (χ4v) is 1.78. The highest BCUT2D eigenvalue weighted by atomic mass is 16.5. The summed E-state index contributed by atoms with van der Waals surface area (Å²) in [6.07, 6.45) is 2.37. The van der Waals surface area contributed by atoms with Crippen molar-refractivity contribution in [2.24, 2.45) is 0 Å². The Morgan fingerprint density at radius 1 is 1.53 bits per heavy atom. The second-order valence-electron chi connectivity index (χ2n) is 5.32. The third kappa shape index (κ3) is 4.47. The molecule has 90 valence electrons. The highest BCUT2D eigenvalue weighted by Crippen LogP contribution is 2.28. The summed E-state index contributed by atoms with van der Waals surface area (Å²) in [6, 6.07) is 0. The van der Waals surface area contributed by atoms with Crippen LogP contribution in [0.2, 0.25) is 0 Å². The monoisotopic (exact) mass is 217 g/mol. The van der Waals surface area contributed by atoms with Gasteiger partial charge in [-0.25, -0.2) is 0 Å². The van der Waals surface area contributed by atoms with E-state index in [4.69, 9.17) is 9.84 Å². The van der Waals surface area contributed by atoms with Gasteiger partial charge in [-0.05, 0) is 33.6 Å². The normalized spacial score (nSPS) is 29.0. The van der Waals surface area contributed by atoms with Gasteiger partial charge in [0.05, 0.1) is 23.9 Å². The zero-order chi connectivity index (χ0) is 11.5. The van der Waals surface area contributed by atoms with Crippen LogP contribution in [0, 0.1) is 0 Å². The molecule has 1 saturated heterocycles. The molecule has 4 nitrogen and oxygen atoms in total. The Morgan fingerprint density at radius 3 is 2.67 bits per heavy atom. The van der Waals surface area contributed by atoms with E-state index in [2.05, 4.69) is 19.2 Å². The summed E-state index contributed by atoms with van der Waals surface area (Å²) >= 11 is 0. The van der Waals surface area contributed by atoms with Crippen molar-refractivity contribution in [2.45, 2.75) is 50.9 Å². The lowest BCUT2D eigenvalue weighted by molar-refractivity contribution is -0.0228. The molecule has 2 unspecified atom stereocenters. The molecular formula is C11H23NO3. The van der Waals surface area contributed by atoms with Crippen molar-refractivity contribution in [1.82, 2.24) is 5.32 Å². The van der Waals surface area contributed by atoms with Crippen molar-refractivity contribution in [2.75, 3.05) is 19.7 Å². The summed E-state index contributed by atoms with van der Waals surface area (Å²) in [5.74, 6) is 0. The SMILES string of the molecule is CC(O)(CO)CNCC1CCC(C)(C)O1. The van der Waals surface area contributed by atoms with E-state index in [1.807, 2.05) is 0 Å². The van der Waals surface area contributed by atoms with Gasteiger partial charge in [-0.2, -0.15) is 0 Å². The predicted molar refractivity (Wildman–Crippen MR) is 58.8 cm³/mol. The fourth-order valence-electron chi connectivity index (χ4n) is 1.78. The Balaban J connectivity index is 2.17. The molecule has 1 aliphatic rings. The molecule has 0 aromatic carbocycles. The summed E-state index contributed by atoms with van der Waals surface area (Å²) in [7, 11) is 0. The van der Waals surface area contributed by atoms with E-state index in [0.29, 0.717) is 6.54 Å². The molecular weight excluding hydrogens is 194 g/mol. The van der Waals surface area contributed by atoms with E-state index in [1.165, 1.54) is 0 Å². The molecule has 0 aliphatic carbocycles. The maximum Gasteiger partial charge on any atom is 0.0972 e. The first-order valence-corrected chi connectivity index (χ1v) is 5.56. The molecule has 0 saturated carbocycles. The van der Waals surface area contributed by atoms with Crippen LogP contribution >= 0.6 is 0 Å². The van der Waals surface area contributed by atoms with Crippen LogP contribution in [0.4, 0.5) is 0 Å². The number of ether oxygens (including phenoxy) is 1. The number of nitrogens with one attached hydrogen (secondary N) is 1. The molecule has 15 heavy (non-hydrogen) atoms. The molecule has 1 rings (SSSR count). The highest BCUT2D eigenvalue weighted by Gasteiger charge is 2.31. The van der Waals surface area contributed by atoms with Gasteiger partial charge in [0.2, 0.25) is 0 Å². The first kappa shape index (κ1) is 12.9. The molecule has 0 amide bonds. The van der Waals surface area contributed by atoms with Gasteiger partial charge >= 0.3 is 0 Å². The van der Waals surface area contributed by atoms with Crippen molar-refractivity contribution in [3.63, 3.8) is 0 Å². The quantitative estimate of drug-likeness (QED) is 0.619. The summed E-state index contributed by atoms with van der Waals surface area (Å²) in [4.78, 5) is 0. The molecule has 0 radical (unpaired) electrons. The molecule has 0 bridgehead atoms. The van der Waals surface area contributed by atoms with E-state index in [1.54, 1.807) is 6.92 Å². The van der Waals surface area contributed by atoms with Crippen molar-refractivity contribution in [1.29, 1.82) is 0 Å². The van der Waals surface area contributed by atoms with Crippen LogP contribution in [0.15, 0.2) is 0 Å². The van der Waals surface area contributed by atoms with Gasteiger partial charge in [0.15, 0.2) is 0 Å². The Morgan fingerprint density at radius 2 is 2.20 bits per heavy atom. The number of hydrogen-bond acceptors (Lipinski definition) is 4. The minimum absolute atomic E-state index is 0.00809. The Labute approximate surface area is 91.6 Å². The van der Waals surface area contributed by atoms with Gasteiger partial charge in [-0.3, -0.25) is 0 Å². The average molecular weight is 217 g/mol. The second-order valence-corrected chi connectivity index (χ2v) is 5.32. The second kappa shape index (κ2) is 4.78. The van der Waals surface area contributed by atoms with E-state index < -0.39 is 5.60 Å². The van der Waals surface area contributed by atoms with Gasteiger partial charge in [-0.1, -0.05) is 0 Å². The number of rotatable bonds is 5. The topological polar surface area (TPSA) is 61.7 Å². The van der Waals surface area contributed by atoms with Crippen LogP contribution in [0.3, 0.4) is 0 Å². The van der Waals surface area contributed by atoms with Crippen LogP contribution in [-0.2, 0) is 4.74 Å². The lowest BCUT2D eigenvalue weighted by Gasteiger charge is -2.23. The van der Waals surface area contributed by atoms with Crippen molar-refractivity contribution in [3.8, 4) is 0 Å². The zero-order valence-electron chi connectivity index (χ0n) is 9.92. The maximum absolute atomic E-state index is 9.55. The van der Waals surface area contributed by atoms with Crippen molar-refractivity contribution >= 4 is 0 Å². The van der Waals surface area contributed by atoms with Gasteiger partial charge in [0, 0.05) is 13.1 Å². The average Bonchev–Trinajstić information content (AvgIpc) is 2.45. The molecule has 0 aromatic rings. The predicted octanol–water partition coefficient (Wildman–Crippen LogP) is 0.277. The first-order chi connectivity index (χ1) is 6.85. The zero-order valence-corrected chi connectivity index (χ0v) is 9.92. The fraction of sp³-hybridized carbons (Fsp3) is 1.00. The van der Waals surface area contributed by atoms with E-state index in [0.717, 1.165) is 19.4 Å². The molecule has 4 heteroatoms. The van der Waals surface area contributed by atoms with Crippen LogP contribution in [0.5, 0.6) is 0 Å². The molecule has 1 aliphatic heterocycles. The largest absolute Gasteiger partial charge is 0.393 e. The maximum atomic E-state index is 9.55. The summed E-state index contributed by atoms with van der Waals surface area (Å²) in [5.41, 5.74) is -1.04. The molecule has 3 N–H and O–H groups in total. The summed E-state index contributed by atoms with van der Waals surface area (Å²) < 4.78 is 5.79. The highest BCUT2D eigenvalue weighted by molar-refractivity contribution is 4.83. The third-order valence-corrected chi connectivity index (χ3v) is 2.77. The standard InChI is InChI=1S/C11H23NO3/c1-10(2)5-4-9(15-10)6-12-7-11(3,14)8-13/h9,12-14H,4-8H2,1-3H3. The van der Waals surface area contributed by atoms with Gasteiger partial charge < -0.3 is 20.3 Å². The van der Waals surface area contributed by atoms with Gasteiger partial charge in [-0.15, -0.1) is 0 Å². The third-order valence-electron chi connectivity index (χ3n) is 2.77. The first-order valence-electron chi connectivity index (χ1n) is 5.56. The van der Waals surface area contributed by atoms with E-state index in [9.17, 15) is 5.11 Å². The Kier molecular flexibility index (Phi) is 4.12. The molecule has 1 heterocycles. The lowest BCUT2D eigenvalue weighted by atomic mass is 10.1. The van der Waals surface area contributed by atoms with Crippen LogP contribution in [0.1, 0.15) is 33.6 Å². The van der Waals surface area contributed by atoms with Crippen molar-refractivity contribution in [3.05, 3.63) is 0 Å². The van der Waals surface area contributed by atoms with Crippen molar-refractivity contribution < 1.29 is 14.9 Å². The number of aliphatic hydroxyl groups is 2. The smallest absolute Gasteiger partial charge is 0.0972 e. The van der Waals surface area contributed by atoms with Crippen LogP contribution < -0.4 is 5.32 Å². The lowest BCUT2D eigenvalue weighted by Crippen LogP contribution is -2.43. The van der Waals surface area contributed by atoms with E-state index in [-0.39, 0.29) is 18.3 Å². The van der Waals surface area contributed by atoms with E-state index >= 15 is 0 Å². The van der Waals surface area contributed by atoms with Gasteiger partial charge in [0.1, 0.15) is 0 Å². The minimum atomic E-state index is -1.03. The van der Waals surface area contributed by atoms with Crippen LogP contribution in [0.25, 0.3) is 0 Å².